The maximum Gasteiger partial charge on any atom is 0.0738 e. The quantitative estimate of drug-likeness (QED) is 0.587. The van der Waals surface area contributed by atoms with Gasteiger partial charge in [0.15, 0.2) is 0 Å². The number of hydrogen-bond donors (Lipinski definition) is 2. The fraction of sp³-hybridized carbons (Fsp3) is 0.348. The molecule has 0 bridgehead atoms. The summed E-state index contributed by atoms with van der Waals surface area (Å²) < 4.78 is 0. The van der Waals surface area contributed by atoms with Crippen molar-refractivity contribution in [2.24, 2.45) is 0 Å². The SMILES string of the molecule is Cc1ccc(-c2cnc3cc(Cl)ccc3c2NCCC2CCCCN2)cc1. The molecule has 27 heavy (non-hydrogen) atoms. The zero-order valence-corrected chi connectivity index (χ0v) is 16.5. The smallest absolute Gasteiger partial charge is 0.0738 e. The molecule has 4 heteroatoms. The topological polar surface area (TPSA) is 37.0 Å². The predicted molar refractivity (Wildman–Crippen MR) is 116 cm³/mol. The van der Waals surface area contributed by atoms with Crippen LogP contribution in [0.2, 0.25) is 5.02 Å². The fourth-order valence-electron chi connectivity index (χ4n) is 3.85. The molecule has 0 saturated carbocycles. The summed E-state index contributed by atoms with van der Waals surface area (Å²) in [7, 11) is 0. The lowest BCUT2D eigenvalue weighted by Crippen LogP contribution is -2.35. The van der Waals surface area contributed by atoms with Crippen molar-refractivity contribution in [1.29, 1.82) is 0 Å². The standard InChI is InChI=1S/C23H26ClN3/c1-16-5-7-17(8-6-16)21-15-27-22-14-18(24)9-10-20(22)23(21)26-13-11-19-4-2-3-12-25-19/h5-10,14-15,19,25H,2-4,11-13H2,1H3,(H,26,27). The average molecular weight is 380 g/mol. The monoisotopic (exact) mass is 379 g/mol. The summed E-state index contributed by atoms with van der Waals surface area (Å²) in [4.78, 5) is 4.66. The second kappa shape index (κ2) is 8.28. The number of aryl methyl sites for hydroxylation is 1. The zero-order valence-electron chi connectivity index (χ0n) is 15.8. The molecule has 3 aromatic rings. The van der Waals surface area contributed by atoms with Gasteiger partial charge in [0.2, 0.25) is 0 Å². The van der Waals surface area contributed by atoms with Gasteiger partial charge in [0.1, 0.15) is 0 Å². The number of nitrogens with zero attached hydrogens (tertiary/aromatic N) is 1. The van der Waals surface area contributed by atoms with E-state index in [1.165, 1.54) is 30.4 Å². The number of benzene rings is 2. The van der Waals surface area contributed by atoms with Gasteiger partial charge < -0.3 is 10.6 Å². The van der Waals surface area contributed by atoms with E-state index in [0.29, 0.717) is 6.04 Å². The van der Waals surface area contributed by atoms with Crippen molar-refractivity contribution < 1.29 is 0 Å². The van der Waals surface area contributed by atoms with E-state index >= 15 is 0 Å². The Hall–Kier alpha value is -2.10. The molecule has 1 aromatic heterocycles. The number of nitrogens with one attached hydrogen (secondary N) is 2. The molecule has 3 nitrogen and oxygen atoms in total. The Morgan fingerprint density at radius 1 is 1.15 bits per heavy atom. The van der Waals surface area contributed by atoms with Crippen LogP contribution in [0.3, 0.4) is 0 Å². The first kappa shape index (κ1) is 18.3. The minimum atomic E-state index is 0.622. The number of anilines is 1. The second-order valence-electron chi connectivity index (χ2n) is 7.44. The van der Waals surface area contributed by atoms with Crippen molar-refractivity contribution in [1.82, 2.24) is 10.3 Å². The molecule has 2 heterocycles. The van der Waals surface area contributed by atoms with Gasteiger partial charge in [-0.25, -0.2) is 0 Å². The molecule has 0 amide bonds. The molecule has 140 valence electrons. The van der Waals surface area contributed by atoms with Crippen LogP contribution in [0.15, 0.2) is 48.7 Å². The summed E-state index contributed by atoms with van der Waals surface area (Å²) in [6, 6.07) is 15.2. The number of hydrogen-bond acceptors (Lipinski definition) is 3. The summed E-state index contributed by atoms with van der Waals surface area (Å²) in [5.74, 6) is 0. The highest BCUT2D eigenvalue weighted by atomic mass is 35.5. The van der Waals surface area contributed by atoms with E-state index in [4.69, 9.17) is 11.6 Å². The molecular weight excluding hydrogens is 354 g/mol. The summed E-state index contributed by atoms with van der Waals surface area (Å²) in [5, 5.41) is 9.18. The van der Waals surface area contributed by atoms with Crippen LogP contribution in [0.1, 0.15) is 31.2 Å². The first-order chi connectivity index (χ1) is 13.2. The van der Waals surface area contributed by atoms with Gasteiger partial charge in [-0.05, 0) is 56.5 Å². The Kier molecular flexibility index (Phi) is 5.61. The Bertz CT molecular complexity index is 915. The normalized spacial score (nSPS) is 17.2. The molecule has 1 aliphatic rings. The third-order valence-corrected chi connectivity index (χ3v) is 5.64. The van der Waals surface area contributed by atoms with E-state index in [-0.39, 0.29) is 0 Å². The largest absolute Gasteiger partial charge is 0.384 e. The maximum atomic E-state index is 6.18. The van der Waals surface area contributed by atoms with Crippen molar-refractivity contribution in [3.63, 3.8) is 0 Å². The van der Waals surface area contributed by atoms with E-state index < -0.39 is 0 Å². The highest BCUT2D eigenvalue weighted by Gasteiger charge is 2.14. The first-order valence-corrected chi connectivity index (χ1v) is 10.2. The lowest BCUT2D eigenvalue weighted by atomic mass is 10.00. The van der Waals surface area contributed by atoms with Crippen molar-refractivity contribution >= 4 is 28.2 Å². The molecule has 0 spiro atoms. The van der Waals surface area contributed by atoms with E-state index in [9.17, 15) is 0 Å². The van der Waals surface area contributed by atoms with E-state index in [1.807, 2.05) is 18.3 Å². The molecular formula is C23H26ClN3. The van der Waals surface area contributed by atoms with Crippen molar-refractivity contribution in [2.75, 3.05) is 18.4 Å². The predicted octanol–water partition coefficient (Wildman–Crippen LogP) is 5.81. The zero-order chi connectivity index (χ0) is 18.6. The van der Waals surface area contributed by atoms with E-state index in [1.54, 1.807) is 0 Å². The van der Waals surface area contributed by atoms with Gasteiger partial charge in [0, 0.05) is 34.8 Å². The molecule has 2 aromatic carbocycles. The number of halogens is 1. The van der Waals surface area contributed by atoms with Gasteiger partial charge in [-0.1, -0.05) is 47.9 Å². The summed E-state index contributed by atoms with van der Waals surface area (Å²) >= 11 is 6.18. The molecule has 0 radical (unpaired) electrons. The number of aromatic nitrogens is 1. The van der Waals surface area contributed by atoms with Crippen molar-refractivity contribution in [3.8, 4) is 11.1 Å². The Balaban J connectivity index is 1.65. The molecule has 1 fully saturated rings. The fourth-order valence-corrected chi connectivity index (χ4v) is 4.02. The first-order valence-electron chi connectivity index (χ1n) is 9.83. The lowest BCUT2D eigenvalue weighted by molar-refractivity contribution is 0.389. The van der Waals surface area contributed by atoms with Crippen molar-refractivity contribution in [3.05, 3.63) is 59.2 Å². The minimum Gasteiger partial charge on any atom is -0.384 e. The van der Waals surface area contributed by atoms with Gasteiger partial charge in [0.25, 0.3) is 0 Å². The van der Waals surface area contributed by atoms with Crippen LogP contribution in [0.25, 0.3) is 22.0 Å². The second-order valence-corrected chi connectivity index (χ2v) is 7.87. The molecule has 1 saturated heterocycles. The van der Waals surface area contributed by atoms with Gasteiger partial charge >= 0.3 is 0 Å². The van der Waals surface area contributed by atoms with Crippen LogP contribution in [-0.4, -0.2) is 24.1 Å². The molecule has 1 atom stereocenters. The summed E-state index contributed by atoms with van der Waals surface area (Å²) in [6.07, 6.45) is 7.01. The van der Waals surface area contributed by atoms with Gasteiger partial charge in [-0.15, -0.1) is 0 Å². The third-order valence-electron chi connectivity index (χ3n) is 5.40. The Labute approximate surface area is 166 Å². The summed E-state index contributed by atoms with van der Waals surface area (Å²) in [5.41, 5.74) is 5.66. The third kappa shape index (κ3) is 4.26. The van der Waals surface area contributed by atoms with Gasteiger partial charge in [0.05, 0.1) is 11.2 Å². The van der Waals surface area contributed by atoms with E-state index in [2.05, 4.69) is 52.9 Å². The Morgan fingerprint density at radius 2 is 2.00 bits per heavy atom. The number of fused-ring (bicyclic) bond motifs is 1. The van der Waals surface area contributed by atoms with Gasteiger partial charge in [-0.3, -0.25) is 4.98 Å². The molecule has 2 N–H and O–H groups in total. The summed E-state index contributed by atoms with van der Waals surface area (Å²) in [6.45, 7) is 4.20. The van der Waals surface area contributed by atoms with E-state index in [0.717, 1.165) is 46.7 Å². The molecule has 1 unspecified atom stereocenters. The van der Waals surface area contributed by atoms with Crippen LogP contribution in [-0.2, 0) is 0 Å². The van der Waals surface area contributed by atoms with Crippen LogP contribution >= 0.6 is 11.6 Å². The maximum absolute atomic E-state index is 6.18. The molecule has 4 rings (SSSR count). The number of pyridine rings is 1. The number of piperidine rings is 1. The molecule has 1 aliphatic heterocycles. The highest BCUT2D eigenvalue weighted by molar-refractivity contribution is 6.31. The molecule has 0 aliphatic carbocycles. The van der Waals surface area contributed by atoms with Crippen LogP contribution in [0.5, 0.6) is 0 Å². The van der Waals surface area contributed by atoms with Crippen LogP contribution in [0, 0.1) is 6.92 Å². The van der Waals surface area contributed by atoms with Crippen molar-refractivity contribution in [2.45, 2.75) is 38.6 Å². The van der Waals surface area contributed by atoms with Gasteiger partial charge in [-0.2, -0.15) is 0 Å². The lowest BCUT2D eigenvalue weighted by Gasteiger charge is -2.24. The van der Waals surface area contributed by atoms with Crippen LogP contribution in [0.4, 0.5) is 5.69 Å². The van der Waals surface area contributed by atoms with Crippen LogP contribution < -0.4 is 10.6 Å². The average Bonchev–Trinajstić information content (AvgIpc) is 2.69. The Morgan fingerprint density at radius 3 is 2.78 bits per heavy atom. The highest BCUT2D eigenvalue weighted by Crippen LogP contribution is 2.34. The number of rotatable bonds is 5. The minimum absolute atomic E-state index is 0.622.